The highest BCUT2D eigenvalue weighted by atomic mass is 16.5. The fourth-order valence-corrected chi connectivity index (χ4v) is 2.37. The molecule has 0 heterocycles. The van der Waals surface area contributed by atoms with Gasteiger partial charge in [-0.2, -0.15) is 0 Å². The Bertz CT molecular complexity index is 791. The Morgan fingerprint density at radius 2 is 1.67 bits per heavy atom. The number of hydrogen-bond donors (Lipinski definition) is 2. The van der Waals surface area contributed by atoms with Crippen molar-refractivity contribution in [3.8, 4) is 0 Å². The zero-order valence-corrected chi connectivity index (χ0v) is 15.6. The van der Waals surface area contributed by atoms with Gasteiger partial charge in [0, 0.05) is 18.3 Å². The number of carbonyl (C=O) groups is 3. The number of hydrogen-bond acceptors (Lipinski definition) is 4. The van der Waals surface area contributed by atoms with Crippen molar-refractivity contribution >= 4 is 23.6 Å². The van der Waals surface area contributed by atoms with Crippen LogP contribution in [0.2, 0.25) is 0 Å². The van der Waals surface area contributed by atoms with E-state index < -0.39 is 11.9 Å². The fourth-order valence-electron chi connectivity index (χ4n) is 2.37. The van der Waals surface area contributed by atoms with Gasteiger partial charge in [-0.1, -0.05) is 30.3 Å². The predicted molar refractivity (Wildman–Crippen MR) is 102 cm³/mol. The summed E-state index contributed by atoms with van der Waals surface area (Å²) in [5, 5.41) is 5.25. The molecule has 142 valence electrons. The van der Waals surface area contributed by atoms with Crippen molar-refractivity contribution in [2.45, 2.75) is 13.0 Å². The smallest absolute Gasteiger partial charge is 0.325 e. The lowest BCUT2D eigenvalue weighted by molar-refractivity contribution is -0.139. The van der Waals surface area contributed by atoms with E-state index in [1.165, 1.54) is 7.11 Å². The van der Waals surface area contributed by atoms with Crippen LogP contribution in [0.1, 0.15) is 28.9 Å². The Balaban J connectivity index is 1.94. The SMILES string of the molecule is COC(=O)CNC(=O)c1ccc(NC(=O)N(C)[C@@H](C)c2ccccc2)cc1. The average molecular weight is 369 g/mol. The molecule has 0 saturated carbocycles. The maximum Gasteiger partial charge on any atom is 0.325 e. The van der Waals surface area contributed by atoms with Gasteiger partial charge in [0.15, 0.2) is 0 Å². The molecule has 7 nitrogen and oxygen atoms in total. The second-order valence-electron chi connectivity index (χ2n) is 5.96. The van der Waals surface area contributed by atoms with Crippen LogP contribution < -0.4 is 10.6 Å². The molecule has 0 aliphatic carbocycles. The van der Waals surface area contributed by atoms with E-state index in [1.807, 2.05) is 37.3 Å². The molecule has 1 atom stereocenters. The third-order valence-corrected chi connectivity index (χ3v) is 4.20. The van der Waals surface area contributed by atoms with Gasteiger partial charge < -0.3 is 20.3 Å². The van der Waals surface area contributed by atoms with Crippen molar-refractivity contribution in [1.29, 1.82) is 0 Å². The van der Waals surface area contributed by atoms with Crippen molar-refractivity contribution in [3.63, 3.8) is 0 Å². The summed E-state index contributed by atoms with van der Waals surface area (Å²) in [5.74, 6) is -0.920. The molecule has 0 saturated heterocycles. The zero-order valence-electron chi connectivity index (χ0n) is 15.6. The minimum atomic E-state index is -0.525. The number of ether oxygens (including phenoxy) is 1. The van der Waals surface area contributed by atoms with E-state index in [0.717, 1.165) is 5.56 Å². The quantitative estimate of drug-likeness (QED) is 0.767. The van der Waals surface area contributed by atoms with Crippen LogP contribution >= 0.6 is 0 Å². The van der Waals surface area contributed by atoms with Crippen molar-refractivity contribution in [2.24, 2.45) is 0 Å². The Morgan fingerprint density at radius 3 is 2.26 bits per heavy atom. The highest BCUT2D eigenvalue weighted by Crippen LogP contribution is 2.19. The maximum absolute atomic E-state index is 12.4. The summed E-state index contributed by atoms with van der Waals surface area (Å²) in [6, 6.07) is 15.8. The van der Waals surface area contributed by atoms with E-state index in [4.69, 9.17) is 0 Å². The van der Waals surface area contributed by atoms with Crippen LogP contribution in [0.4, 0.5) is 10.5 Å². The first-order valence-electron chi connectivity index (χ1n) is 8.46. The molecule has 2 rings (SSSR count). The largest absolute Gasteiger partial charge is 0.468 e. The number of rotatable bonds is 6. The van der Waals surface area contributed by atoms with Gasteiger partial charge in [0.05, 0.1) is 13.2 Å². The molecule has 0 aliphatic rings. The highest BCUT2D eigenvalue weighted by molar-refractivity contribution is 5.97. The first kappa shape index (κ1) is 20.0. The maximum atomic E-state index is 12.4. The molecular weight excluding hydrogens is 346 g/mol. The molecular formula is C20H23N3O4. The summed E-state index contributed by atoms with van der Waals surface area (Å²) >= 11 is 0. The molecule has 2 aromatic rings. The Kier molecular flexibility index (Phi) is 6.93. The van der Waals surface area contributed by atoms with Gasteiger partial charge in [-0.05, 0) is 36.8 Å². The van der Waals surface area contributed by atoms with Gasteiger partial charge in [-0.25, -0.2) is 4.79 Å². The third kappa shape index (κ3) is 5.57. The normalized spacial score (nSPS) is 11.2. The standard InChI is InChI=1S/C20H23N3O4/c1-14(15-7-5-4-6-8-15)23(2)20(26)22-17-11-9-16(10-12-17)19(25)21-13-18(24)27-3/h4-12,14H,13H2,1-3H3,(H,21,25)(H,22,26)/t14-/m0/s1. The lowest BCUT2D eigenvalue weighted by Gasteiger charge is -2.25. The molecule has 0 aliphatic heterocycles. The van der Waals surface area contributed by atoms with Gasteiger partial charge in [-0.3, -0.25) is 9.59 Å². The predicted octanol–water partition coefficient (Wildman–Crippen LogP) is 2.81. The zero-order chi connectivity index (χ0) is 19.8. The Morgan fingerprint density at radius 1 is 1.04 bits per heavy atom. The summed E-state index contributed by atoms with van der Waals surface area (Å²) < 4.78 is 4.47. The van der Waals surface area contributed by atoms with Crippen molar-refractivity contribution in [2.75, 3.05) is 26.0 Å². The number of esters is 1. The molecule has 2 N–H and O–H groups in total. The van der Waals surface area contributed by atoms with Gasteiger partial charge in [-0.15, -0.1) is 0 Å². The first-order chi connectivity index (χ1) is 12.9. The summed E-state index contributed by atoms with van der Waals surface area (Å²) in [7, 11) is 2.98. The molecule has 0 unspecified atom stereocenters. The second kappa shape index (κ2) is 9.38. The number of methoxy groups -OCH3 is 1. The summed E-state index contributed by atoms with van der Waals surface area (Å²) in [5.41, 5.74) is 1.98. The molecule has 0 radical (unpaired) electrons. The van der Waals surface area contributed by atoms with Crippen LogP contribution in [-0.4, -0.2) is 43.5 Å². The van der Waals surface area contributed by atoms with Crippen LogP contribution in [0.5, 0.6) is 0 Å². The number of anilines is 1. The second-order valence-corrected chi connectivity index (χ2v) is 5.96. The number of nitrogens with zero attached hydrogens (tertiary/aromatic N) is 1. The average Bonchev–Trinajstić information content (AvgIpc) is 2.71. The molecule has 3 amide bonds. The summed E-state index contributed by atoms with van der Waals surface area (Å²) in [4.78, 5) is 37.0. The van der Waals surface area contributed by atoms with E-state index >= 15 is 0 Å². The minimum absolute atomic E-state index is 0.0884. The van der Waals surface area contributed by atoms with Gasteiger partial charge >= 0.3 is 12.0 Å². The number of benzene rings is 2. The molecule has 0 bridgehead atoms. The Hall–Kier alpha value is -3.35. The number of urea groups is 1. The van der Waals surface area contributed by atoms with Gasteiger partial charge in [0.25, 0.3) is 5.91 Å². The van der Waals surface area contributed by atoms with E-state index in [1.54, 1.807) is 36.2 Å². The van der Waals surface area contributed by atoms with Crippen LogP contribution in [0.25, 0.3) is 0 Å². The first-order valence-corrected chi connectivity index (χ1v) is 8.46. The fraction of sp³-hybridized carbons (Fsp3) is 0.250. The van der Waals surface area contributed by atoms with Crippen LogP contribution in [0.3, 0.4) is 0 Å². The van der Waals surface area contributed by atoms with E-state index in [0.29, 0.717) is 11.3 Å². The monoisotopic (exact) mass is 369 g/mol. The number of amides is 3. The molecule has 27 heavy (non-hydrogen) atoms. The Labute approximate surface area is 158 Å². The molecule has 0 fully saturated rings. The number of nitrogens with one attached hydrogen (secondary N) is 2. The van der Waals surface area contributed by atoms with E-state index in [-0.39, 0.29) is 18.6 Å². The van der Waals surface area contributed by atoms with E-state index in [9.17, 15) is 14.4 Å². The molecule has 2 aromatic carbocycles. The molecule has 0 aromatic heterocycles. The molecule has 0 spiro atoms. The van der Waals surface area contributed by atoms with Crippen LogP contribution in [0.15, 0.2) is 54.6 Å². The van der Waals surface area contributed by atoms with Crippen molar-refractivity contribution < 1.29 is 19.1 Å². The highest BCUT2D eigenvalue weighted by Gasteiger charge is 2.17. The lowest BCUT2D eigenvalue weighted by Crippen LogP contribution is -2.33. The van der Waals surface area contributed by atoms with Crippen LogP contribution in [0, 0.1) is 0 Å². The van der Waals surface area contributed by atoms with Gasteiger partial charge in [0.2, 0.25) is 0 Å². The lowest BCUT2D eigenvalue weighted by atomic mass is 10.1. The van der Waals surface area contributed by atoms with Crippen LogP contribution in [-0.2, 0) is 9.53 Å². The summed E-state index contributed by atoms with van der Waals surface area (Å²) in [6.45, 7) is 1.75. The van der Waals surface area contributed by atoms with Crippen molar-refractivity contribution in [1.82, 2.24) is 10.2 Å². The topological polar surface area (TPSA) is 87.7 Å². The number of carbonyl (C=O) groups excluding carboxylic acids is 3. The summed E-state index contributed by atoms with van der Waals surface area (Å²) in [6.07, 6.45) is 0. The molecule has 7 heteroatoms. The van der Waals surface area contributed by atoms with E-state index in [2.05, 4.69) is 15.4 Å². The minimum Gasteiger partial charge on any atom is -0.468 e. The third-order valence-electron chi connectivity index (χ3n) is 4.20. The van der Waals surface area contributed by atoms with Crippen molar-refractivity contribution in [3.05, 3.63) is 65.7 Å². The van der Waals surface area contributed by atoms with Gasteiger partial charge in [0.1, 0.15) is 6.54 Å².